The lowest BCUT2D eigenvalue weighted by molar-refractivity contribution is -0.170. The van der Waals surface area contributed by atoms with Crippen LogP contribution in [0.5, 0.6) is 5.75 Å². The number of rotatable bonds is 14. The molecule has 0 saturated heterocycles. The van der Waals surface area contributed by atoms with Gasteiger partial charge in [-0.15, -0.1) is 16.3 Å². The minimum Gasteiger partial charge on any atom is -0.489 e. The minimum absolute atomic E-state index is 0.0510. The van der Waals surface area contributed by atoms with Crippen molar-refractivity contribution in [2.45, 2.75) is 125 Å². The van der Waals surface area contributed by atoms with Gasteiger partial charge < -0.3 is 48.1 Å². The molecule has 1 aromatic carbocycles. The van der Waals surface area contributed by atoms with Gasteiger partial charge in [0.25, 0.3) is 6.10 Å². The summed E-state index contributed by atoms with van der Waals surface area (Å²) in [5.74, 6) is -2.05. The van der Waals surface area contributed by atoms with E-state index in [2.05, 4.69) is 25.8 Å². The number of aliphatic carboxylic acids is 1. The highest BCUT2D eigenvalue weighted by atomic mass is 32.1. The third kappa shape index (κ3) is 16.7. The first kappa shape index (κ1) is 48.4. The summed E-state index contributed by atoms with van der Waals surface area (Å²) >= 11 is 0.933. The second kappa shape index (κ2) is 19.9. The first-order valence-corrected chi connectivity index (χ1v) is 19.9. The number of ether oxygens (including phenoxy) is 5. The number of nitrogens with one attached hydrogen (secondary N) is 2. The molecule has 1 unspecified atom stereocenters. The smallest absolute Gasteiger partial charge is 0.437 e. The Morgan fingerprint density at radius 1 is 0.833 bits per heavy atom. The number of carboxylic acids is 1. The fourth-order valence-electron chi connectivity index (χ4n) is 4.83. The molecule has 3 N–H and O–H groups in total. The second-order valence-corrected chi connectivity index (χ2v) is 18.2. The fraction of sp³-hybridized carbons (Fsp3) is 0.550. The van der Waals surface area contributed by atoms with Crippen molar-refractivity contribution < 1.29 is 57.6 Å². The number of alkyl carbamates (subject to hydrolysis) is 1. The van der Waals surface area contributed by atoms with Gasteiger partial charge in [0.2, 0.25) is 11.3 Å². The van der Waals surface area contributed by atoms with Gasteiger partial charge in [0.15, 0.2) is 5.13 Å². The van der Waals surface area contributed by atoms with Crippen molar-refractivity contribution in [1.29, 1.82) is 0 Å². The molecule has 0 radical (unpaired) electrons. The second-order valence-electron chi connectivity index (χ2n) is 17.3. The summed E-state index contributed by atoms with van der Waals surface area (Å²) in [4.78, 5) is 76.3. The average molecular weight is 860 g/mol. The van der Waals surface area contributed by atoms with Crippen LogP contribution in [0.1, 0.15) is 95.2 Å². The lowest BCUT2D eigenvalue weighted by Crippen LogP contribution is -2.37. The van der Waals surface area contributed by atoms with E-state index in [4.69, 9.17) is 28.5 Å². The Morgan fingerprint density at radius 3 is 1.98 bits per heavy atom. The fourth-order valence-corrected chi connectivity index (χ4v) is 5.51. The average Bonchev–Trinajstić information content (AvgIpc) is 3.64. The third-order valence-corrected chi connectivity index (χ3v) is 7.83. The summed E-state index contributed by atoms with van der Waals surface area (Å²) in [6, 6.07) is 6.81. The number of aromatic nitrogens is 3. The highest BCUT2D eigenvalue weighted by molar-refractivity contribution is 7.14. The number of amides is 3. The minimum atomic E-state index is -1.51. The van der Waals surface area contributed by atoms with Crippen molar-refractivity contribution in [3.8, 4) is 17.0 Å². The summed E-state index contributed by atoms with van der Waals surface area (Å²) in [5, 5.41) is 20.2. The van der Waals surface area contributed by atoms with E-state index in [1.54, 1.807) is 124 Å². The first-order valence-electron chi connectivity index (χ1n) is 19.0. The Bertz CT molecular complexity index is 2090. The number of carbonyl (C=O) groups is 5. The number of hydrogen-bond donors (Lipinski definition) is 3. The summed E-state index contributed by atoms with van der Waals surface area (Å²) < 4.78 is 30.9. The molecule has 330 valence electrons. The number of carboxylic acid groups (broad SMARTS) is 1. The molecule has 2 aromatic heterocycles. The van der Waals surface area contributed by atoms with E-state index >= 15 is 0 Å². The Kier molecular flexibility index (Phi) is 16.1. The van der Waals surface area contributed by atoms with Crippen LogP contribution in [0.3, 0.4) is 0 Å². The van der Waals surface area contributed by atoms with Crippen LogP contribution in [-0.2, 0) is 47.0 Å². The van der Waals surface area contributed by atoms with Gasteiger partial charge in [-0.3, -0.25) is 5.32 Å². The normalized spacial score (nSPS) is 13.2. The van der Waals surface area contributed by atoms with E-state index in [0.29, 0.717) is 36.6 Å². The zero-order valence-electron chi connectivity index (χ0n) is 36.5. The van der Waals surface area contributed by atoms with Crippen LogP contribution in [0.25, 0.3) is 11.3 Å². The lowest BCUT2D eigenvalue weighted by atomic mass is 10.1. The van der Waals surface area contributed by atoms with Crippen LogP contribution < -0.4 is 21.0 Å². The van der Waals surface area contributed by atoms with Crippen LogP contribution in [0.2, 0.25) is 0 Å². The van der Waals surface area contributed by atoms with Gasteiger partial charge >= 0.3 is 30.2 Å². The van der Waals surface area contributed by atoms with E-state index in [0.717, 1.165) is 16.9 Å². The quantitative estimate of drug-likeness (QED) is 0.0508. The van der Waals surface area contributed by atoms with Crippen LogP contribution in [0.15, 0.2) is 46.0 Å². The Labute approximate surface area is 353 Å². The summed E-state index contributed by atoms with van der Waals surface area (Å²) in [7, 11) is 1.75. The maximum atomic E-state index is 13.2. The molecule has 0 bridgehead atoms. The van der Waals surface area contributed by atoms with Gasteiger partial charge in [0.05, 0.1) is 5.69 Å². The zero-order chi connectivity index (χ0) is 45.2. The van der Waals surface area contributed by atoms with E-state index in [9.17, 15) is 29.1 Å². The molecule has 20 heteroatoms. The molecule has 2 heterocycles. The first-order chi connectivity index (χ1) is 27.6. The molecule has 3 rings (SSSR count). The molecule has 0 saturated carbocycles. The van der Waals surface area contributed by atoms with Gasteiger partial charge in [-0.05, 0) is 119 Å². The number of benzene rings is 1. The van der Waals surface area contributed by atoms with Crippen molar-refractivity contribution in [2.75, 3.05) is 18.5 Å². The molecule has 60 heavy (non-hydrogen) atoms. The molecular formula is C40H57N7O12S. The van der Waals surface area contributed by atoms with Gasteiger partial charge in [-0.2, -0.15) is 0 Å². The van der Waals surface area contributed by atoms with Crippen molar-refractivity contribution in [1.82, 2.24) is 19.4 Å². The number of anilines is 1. The third-order valence-electron chi connectivity index (χ3n) is 7.07. The SMILES string of the molecule is Cn1c(-c2ccc(OCC(O/N=C(\C(=O)O)c3csc(NC(=O)OC(C)(C)C)n3)C(=O)OC(C)(C)C)cc2)cn(CCCNC(=O)OC(C)(C)C)/c1=N\C(=O)OC(C)(C)C. The highest BCUT2D eigenvalue weighted by Crippen LogP contribution is 2.23. The molecule has 0 aliphatic rings. The van der Waals surface area contributed by atoms with E-state index < -0.39 is 71.0 Å². The van der Waals surface area contributed by atoms with Crippen molar-refractivity contribution in [3.63, 3.8) is 0 Å². The van der Waals surface area contributed by atoms with Gasteiger partial charge in [0, 0.05) is 31.7 Å². The monoisotopic (exact) mass is 859 g/mol. The number of thiazole rings is 1. The lowest BCUT2D eigenvalue weighted by Gasteiger charge is -2.23. The van der Waals surface area contributed by atoms with Gasteiger partial charge in [-0.1, -0.05) is 5.16 Å². The van der Waals surface area contributed by atoms with Crippen LogP contribution in [0, 0.1) is 0 Å². The number of hydrogen-bond acceptors (Lipinski definition) is 14. The van der Waals surface area contributed by atoms with Crippen LogP contribution in [-0.4, -0.2) is 96.8 Å². The number of aryl methyl sites for hydroxylation is 1. The van der Waals surface area contributed by atoms with Crippen molar-refractivity contribution in [2.24, 2.45) is 17.2 Å². The molecule has 0 fully saturated rings. The van der Waals surface area contributed by atoms with E-state index in [1.807, 2.05) is 6.20 Å². The standard InChI is InChI=1S/C40H57N7O12S/c1-37(2,3)55-31(50)28(59-45-29(30(48)49)26-23-60-32(42-26)43-35(52)57-39(7,8)9)22-54-25-17-15-24(16-18-25)27-21-47(20-14-19-41-34(51)56-38(4,5)6)33(46(27)13)44-36(53)58-40(10,11)12/h15-18,21,23,28H,14,19-20,22H2,1-13H3,(H,41,51)(H,48,49)(H,42,43,52)/b44-33-,45-29-. The molecule has 1 atom stereocenters. The number of oxime groups is 1. The molecule has 0 spiro atoms. The van der Waals surface area contributed by atoms with E-state index in [1.165, 1.54) is 5.38 Å². The largest absolute Gasteiger partial charge is 0.489 e. The van der Waals surface area contributed by atoms with Crippen molar-refractivity contribution in [3.05, 3.63) is 47.2 Å². The number of nitrogens with zero attached hydrogens (tertiary/aromatic N) is 5. The number of imidazole rings is 1. The summed E-state index contributed by atoms with van der Waals surface area (Å²) in [5.41, 5.74) is -2.17. The topological polar surface area (TPSA) is 232 Å². The summed E-state index contributed by atoms with van der Waals surface area (Å²) in [6.45, 7) is 20.9. The van der Waals surface area contributed by atoms with Gasteiger partial charge in [0.1, 0.15) is 40.5 Å². The number of esters is 1. The highest BCUT2D eigenvalue weighted by Gasteiger charge is 2.30. The maximum Gasteiger partial charge on any atom is 0.437 e. The molecule has 3 amide bonds. The van der Waals surface area contributed by atoms with Gasteiger partial charge in [-0.25, -0.2) is 29.0 Å². The molecule has 0 aliphatic carbocycles. The Morgan fingerprint density at radius 2 is 1.42 bits per heavy atom. The number of carbonyl (C=O) groups excluding carboxylic acids is 4. The molecular weight excluding hydrogens is 803 g/mol. The van der Waals surface area contributed by atoms with Crippen molar-refractivity contribution >= 4 is 52.4 Å². The van der Waals surface area contributed by atoms with E-state index in [-0.39, 0.29) is 10.8 Å². The summed E-state index contributed by atoms with van der Waals surface area (Å²) in [6.07, 6.45) is -1.29. The predicted molar refractivity (Wildman–Crippen MR) is 222 cm³/mol. The molecule has 3 aromatic rings. The molecule has 0 aliphatic heterocycles. The van der Waals surface area contributed by atoms with Crippen LogP contribution >= 0.6 is 11.3 Å². The Balaban J connectivity index is 1.84. The predicted octanol–water partition coefficient (Wildman–Crippen LogP) is 6.64. The maximum absolute atomic E-state index is 13.2. The molecule has 19 nitrogen and oxygen atoms in total. The zero-order valence-corrected chi connectivity index (χ0v) is 37.3. The Hall–Kier alpha value is -5.92. The van der Waals surface area contributed by atoms with Crippen LogP contribution in [0.4, 0.5) is 19.5 Å².